The molecule has 2 amide bonds. The number of rotatable bonds is 5. The van der Waals surface area contributed by atoms with Gasteiger partial charge in [-0.15, -0.1) is 0 Å². The van der Waals surface area contributed by atoms with Crippen molar-refractivity contribution in [1.29, 1.82) is 0 Å². The molecule has 1 aromatic rings. The number of nitrogens with two attached hydrogens (primary N) is 1. The maximum Gasteiger partial charge on any atom is 0.414 e. The summed E-state index contributed by atoms with van der Waals surface area (Å²) in [6.07, 6.45) is -0.615. The lowest BCUT2D eigenvalue weighted by Gasteiger charge is -2.41. The van der Waals surface area contributed by atoms with E-state index in [9.17, 15) is 9.59 Å². The Morgan fingerprint density at radius 3 is 2.48 bits per heavy atom. The number of benzene rings is 1. The Bertz CT molecular complexity index is 690. The van der Waals surface area contributed by atoms with Gasteiger partial charge in [0.25, 0.3) is 0 Å². The quantitative estimate of drug-likeness (QED) is 0.824. The Balaban J connectivity index is 2.54. The van der Waals surface area contributed by atoms with E-state index < -0.39 is 6.09 Å². The molecule has 0 fully saturated rings. The molecule has 3 N–H and O–H groups in total. The molecule has 2 unspecified atom stereocenters. The Morgan fingerprint density at radius 1 is 1.30 bits per heavy atom. The summed E-state index contributed by atoms with van der Waals surface area (Å²) in [5.74, 6) is 0.0424. The maximum atomic E-state index is 12.7. The third kappa shape index (κ3) is 4.59. The van der Waals surface area contributed by atoms with E-state index in [1.54, 1.807) is 16.7 Å². The van der Waals surface area contributed by atoms with Crippen molar-refractivity contribution >= 4 is 23.4 Å². The summed E-state index contributed by atoms with van der Waals surface area (Å²) in [7, 11) is 1.89. The molecule has 0 radical (unpaired) electrons. The molecule has 0 bridgehead atoms. The molecule has 1 aliphatic rings. The lowest BCUT2D eigenvalue weighted by atomic mass is 9.91. The number of nitrogens with zero attached hydrogens (tertiary/aromatic N) is 2. The van der Waals surface area contributed by atoms with Crippen LogP contribution in [0.4, 0.5) is 16.2 Å². The van der Waals surface area contributed by atoms with E-state index in [0.717, 1.165) is 17.8 Å². The van der Waals surface area contributed by atoms with Crippen LogP contribution in [0.15, 0.2) is 18.2 Å². The van der Waals surface area contributed by atoms with Crippen molar-refractivity contribution < 1.29 is 14.3 Å². The van der Waals surface area contributed by atoms with Gasteiger partial charge in [-0.2, -0.15) is 0 Å². The van der Waals surface area contributed by atoms with E-state index in [0.29, 0.717) is 12.2 Å². The van der Waals surface area contributed by atoms with Gasteiger partial charge in [-0.25, -0.2) is 4.79 Å². The van der Waals surface area contributed by atoms with Crippen molar-refractivity contribution in [2.75, 3.05) is 29.9 Å². The summed E-state index contributed by atoms with van der Waals surface area (Å²) in [5.41, 5.74) is 8.61. The molecule has 7 heteroatoms. The Kier molecular flexibility index (Phi) is 6.84. The lowest BCUT2D eigenvalue weighted by Crippen LogP contribution is -2.51. The van der Waals surface area contributed by atoms with E-state index in [-0.39, 0.29) is 30.0 Å². The topological polar surface area (TPSA) is 87.9 Å². The predicted octanol–water partition coefficient (Wildman–Crippen LogP) is 2.44. The van der Waals surface area contributed by atoms with Gasteiger partial charge in [-0.3, -0.25) is 9.69 Å². The van der Waals surface area contributed by atoms with Crippen LogP contribution in [-0.4, -0.2) is 50.3 Å². The number of likely N-dealkylation sites (N-methyl/N-ethyl adjacent to an activating group) is 1. The molecule has 0 aliphatic carbocycles. The Hall–Kier alpha value is -2.12. The average Bonchev–Trinajstić information content (AvgIpc) is 2.57. The summed E-state index contributed by atoms with van der Waals surface area (Å²) < 4.78 is 5.43. The first kappa shape index (κ1) is 21.2. The molecule has 3 atom stereocenters. The molecule has 1 aromatic carbocycles. The highest BCUT2D eigenvalue weighted by Gasteiger charge is 2.35. The molecular weight excluding hydrogens is 344 g/mol. The van der Waals surface area contributed by atoms with E-state index >= 15 is 0 Å². The Morgan fingerprint density at radius 2 is 1.96 bits per heavy atom. The number of fused-ring (bicyclic) bond motifs is 1. The molecule has 1 heterocycles. The number of hydrogen-bond acceptors (Lipinski definition) is 5. The van der Waals surface area contributed by atoms with Crippen LogP contribution in [0, 0.1) is 0 Å². The fraction of sp³-hybridized carbons (Fsp3) is 0.600. The summed E-state index contributed by atoms with van der Waals surface area (Å²) in [5, 5.41) is 3.17. The van der Waals surface area contributed by atoms with Gasteiger partial charge in [0.15, 0.2) is 0 Å². The monoisotopic (exact) mass is 376 g/mol. The molecule has 2 rings (SSSR count). The molecule has 0 spiro atoms. The normalized spacial score (nSPS) is 18.9. The van der Waals surface area contributed by atoms with Crippen molar-refractivity contribution in [2.45, 2.75) is 58.7 Å². The SMILES string of the molecule is CNCC(c1ccc2c(c1)N(C(=O)OC(C)C)C[C@H](C)N2C(C)=O)C(C)N. The Labute approximate surface area is 161 Å². The van der Waals surface area contributed by atoms with E-state index in [1.807, 2.05) is 52.9 Å². The molecule has 1 aliphatic heterocycles. The fourth-order valence-electron chi connectivity index (χ4n) is 3.62. The minimum atomic E-state index is -0.399. The number of amides is 2. The van der Waals surface area contributed by atoms with Crippen LogP contribution in [0.2, 0.25) is 0 Å². The zero-order chi connectivity index (χ0) is 20.3. The molecule has 0 saturated heterocycles. The number of carbonyl (C=O) groups is 2. The van der Waals surface area contributed by atoms with Crippen molar-refractivity contribution in [2.24, 2.45) is 5.73 Å². The van der Waals surface area contributed by atoms with Crippen molar-refractivity contribution in [3.05, 3.63) is 23.8 Å². The minimum Gasteiger partial charge on any atom is -0.446 e. The van der Waals surface area contributed by atoms with Crippen LogP contribution in [-0.2, 0) is 9.53 Å². The molecular formula is C20H32N4O3. The average molecular weight is 377 g/mol. The van der Waals surface area contributed by atoms with Gasteiger partial charge in [-0.05, 0) is 52.4 Å². The van der Waals surface area contributed by atoms with Crippen molar-refractivity contribution in [1.82, 2.24) is 5.32 Å². The van der Waals surface area contributed by atoms with Gasteiger partial charge in [0.1, 0.15) is 0 Å². The summed E-state index contributed by atoms with van der Waals surface area (Å²) >= 11 is 0. The second kappa shape index (κ2) is 8.71. The number of carbonyl (C=O) groups excluding carboxylic acids is 2. The van der Waals surface area contributed by atoms with E-state index in [1.165, 1.54) is 0 Å². The van der Waals surface area contributed by atoms with Crippen molar-refractivity contribution in [3.8, 4) is 0 Å². The van der Waals surface area contributed by atoms with Gasteiger partial charge in [0, 0.05) is 32.0 Å². The van der Waals surface area contributed by atoms with Gasteiger partial charge in [-0.1, -0.05) is 6.07 Å². The van der Waals surface area contributed by atoms with Crippen LogP contribution < -0.4 is 20.9 Å². The van der Waals surface area contributed by atoms with Crippen LogP contribution in [0.5, 0.6) is 0 Å². The largest absolute Gasteiger partial charge is 0.446 e. The number of nitrogens with one attached hydrogen (secondary N) is 1. The third-order valence-electron chi connectivity index (χ3n) is 4.82. The van der Waals surface area contributed by atoms with Crippen LogP contribution in [0.1, 0.15) is 46.1 Å². The number of anilines is 2. The lowest BCUT2D eigenvalue weighted by molar-refractivity contribution is -0.117. The maximum absolute atomic E-state index is 12.7. The third-order valence-corrected chi connectivity index (χ3v) is 4.82. The zero-order valence-corrected chi connectivity index (χ0v) is 17.2. The second-order valence-corrected chi connectivity index (χ2v) is 7.55. The molecule has 0 saturated carbocycles. The first-order chi connectivity index (χ1) is 12.7. The predicted molar refractivity (Wildman–Crippen MR) is 108 cm³/mol. The van der Waals surface area contributed by atoms with Gasteiger partial charge < -0.3 is 20.7 Å². The van der Waals surface area contributed by atoms with Gasteiger partial charge >= 0.3 is 6.09 Å². The van der Waals surface area contributed by atoms with E-state index in [4.69, 9.17) is 10.5 Å². The standard InChI is InChI=1S/C20H32N4O3/c1-12(2)27-20(26)23-11-13(3)24(15(5)25)18-8-7-16(9-19(18)23)17(10-22-6)14(4)21/h7-9,12-14,17,22H,10-11,21H2,1-6H3/t13-,14?,17?/m0/s1. The van der Waals surface area contributed by atoms with Crippen LogP contribution >= 0.6 is 0 Å². The molecule has 7 nitrogen and oxygen atoms in total. The molecule has 150 valence electrons. The van der Waals surface area contributed by atoms with Gasteiger partial charge in [0.05, 0.1) is 23.5 Å². The highest BCUT2D eigenvalue weighted by atomic mass is 16.6. The fourth-order valence-corrected chi connectivity index (χ4v) is 3.62. The van der Waals surface area contributed by atoms with E-state index in [2.05, 4.69) is 5.32 Å². The first-order valence-corrected chi connectivity index (χ1v) is 9.49. The zero-order valence-electron chi connectivity index (χ0n) is 17.2. The van der Waals surface area contributed by atoms with Crippen molar-refractivity contribution in [3.63, 3.8) is 0 Å². The summed E-state index contributed by atoms with van der Waals surface area (Å²) in [4.78, 5) is 28.3. The highest BCUT2D eigenvalue weighted by Crippen LogP contribution is 2.38. The molecule has 0 aromatic heterocycles. The summed E-state index contributed by atoms with van der Waals surface area (Å²) in [6, 6.07) is 5.66. The minimum absolute atomic E-state index is 0.0488. The smallest absolute Gasteiger partial charge is 0.414 e. The number of ether oxygens (including phenoxy) is 1. The highest BCUT2D eigenvalue weighted by molar-refractivity contribution is 6.02. The first-order valence-electron chi connectivity index (χ1n) is 9.49. The summed E-state index contributed by atoms with van der Waals surface area (Å²) in [6.45, 7) is 10.2. The second-order valence-electron chi connectivity index (χ2n) is 7.55. The molecule has 27 heavy (non-hydrogen) atoms. The van der Waals surface area contributed by atoms with Gasteiger partial charge in [0.2, 0.25) is 5.91 Å². The number of hydrogen-bond donors (Lipinski definition) is 2. The van der Waals surface area contributed by atoms with Crippen LogP contribution in [0.3, 0.4) is 0 Å². The van der Waals surface area contributed by atoms with Crippen LogP contribution in [0.25, 0.3) is 0 Å².